The summed E-state index contributed by atoms with van der Waals surface area (Å²) in [6.45, 7) is 0. The van der Waals surface area contributed by atoms with Crippen LogP contribution in [0.15, 0.2) is 97.1 Å². The Morgan fingerprint density at radius 2 is 0.769 bits per heavy atom. The van der Waals surface area contributed by atoms with Crippen molar-refractivity contribution in [1.82, 2.24) is 0 Å². The highest BCUT2D eigenvalue weighted by molar-refractivity contribution is 6.36. The molecule has 4 aromatic rings. The SMILES string of the molecule is [B]c1ccccc1-c1ccccc1-c1ccccc1-c1ccccc1F. The third-order valence-corrected chi connectivity index (χ3v) is 4.56. The van der Waals surface area contributed by atoms with Gasteiger partial charge in [0, 0.05) is 5.56 Å². The van der Waals surface area contributed by atoms with Crippen molar-refractivity contribution in [2.45, 2.75) is 0 Å². The molecule has 122 valence electrons. The van der Waals surface area contributed by atoms with Gasteiger partial charge in [0.25, 0.3) is 0 Å². The molecule has 0 saturated heterocycles. The normalized spacial score (nSPS) is 10.7. The molecule has 0 heterocycles. The van der Waals surface area contributed by atoms with Crippen LogP contribution in [0.3, 0.4) is 0 Å². The summed E-state index contributed by atoms with van der Waals surface area (Å²) >= 11 is 0. The first-order valence-corrected chi connectivity index (χ1v) is 8.54. The third kappa shape index (κ3) is 2.95. The van der Waals surface area contributed by atoms with Gasteiger partial charge in [0.1, 0.15) is 13.7 Å². The summed E-state index contributed by atoms with van der Waals surface area (Å²) < 4.78 is 14.4. The van der Waals surface area contributed by atoms with Crippen LogP contribution in [0, 0.1) is 5.82 Å². The van der Waals surface area contributed by atoms with E-state index in [9.17, 15) is 4.39 Å². The molecule has 0 spiro atoms. The predicted molar refractivity (Wildman–Crippen MR) is 108 cm³/mol. The van der Waals surface area contributed by atoms with E-state index in [4.69, 9.17) is 7.85 Å². The zero-order valence-electron chi connectivity index (χ0n) is 14.2. The molecule has 4 aromatic carbocycles. The van der Waals surface area contributed by atoms with Crippen LogP contribution in [0.2, 0.25) is 0 Å². The van der Waals surface area contributed by atoms with Gasteiger partial charge in [-0.2, -0.15) is 0 Å². The largest absolute Gasteiger partial charge is 0.206 e. The van der Waals surface area contributed by atoms with E-state index >= 15 is 0 Å². The van der Waals surface area contributed by atoms with Gasteiger partial charge in [-0.1, -0.05) is 96.5 Å². The quantitative estimate of drug-likeness (QED) is 0.427. The molecular weight excluding hydrogens is 318 g/mol. The first-order chi connectivity index (χ1) is 12.8. The van der Waals surface area contributed by atoms with E-state index in [1.54, 1.807) is 6.07 Å². The topological polar surface area (TPSA) is 0 Å². The van der Waals surface area contributed by atoms with E-state index in [-0.39, 0.29) is 5.82 Å². The summed E-state index contributed by atoms with van der Waals surface area (Å²) in [4.78, 5) is 0. The summed E-state index contributed by atoms with van der Waals surface area (Å²) in [6, 6.07) is 30.7. The number of benzene rings is 4. The van der Waals surface area contributed by atoms with Crippen LogP contribution < -0.4 is 5.46 Å². The van der Waals surface area contributed by atoms with Crippen molar-refractivity contribution < 1.29 is 4.39 Å². The molecule has 0 amide bonds. The van der Waals surface area contributed by atoms with Gasteiger partial charge < -0.3 is 0 Å². The van der Waals surface area contributed by atoms with Crippen LogP contribution in [0.4, 0.5) is 4.39 Å². The maximum absolute atomic E-state index is 14.4. The van der Waals surface area contributed by atoms with Crippen molar-refractivity contribution in [1.29, 1.82) is 0 Å². The van der Waals surface area contributed by atoms with Crippen molar-refractivity contribution in [3.63, 3.8) is 0 Å². The Bertz CT molecular complexity index is 982. The summed E-state index contributed by atoms with van der Waals surface area (Å²) in [5.74, 6) is -0.225. The van der Waals surface area contributed by atoms with Crippen LogP contribution in [0.25, 0.3) is 33.4 Å². The Morgan fingerprint density at radius 1 is 0.423 bits per heavy atom. The lowest BCUT2D eigenvalue weighted by Crippen LogP contribution is -2.06. The van der Waals surface area contributed by atoms with Gasteiger partial charge >= 0.3 is 0 Å². The first kappa shape index (κ1) is 16.3. The zero-order valence-corrected chi connectivity index (χ0v) is 14.2. The fourth-order valence-electron chi connectivity index (χ4n) is 3.33. The number of halogens is 1. The van der Waals surface area contributed by atoms with Crippen molar-refractivity contribution in [3.05, 3.63) is 103 Å². The molecule has 26 heavy (non-hydrogen) atoms. The molecular formula is C24H16BF. The Hall–Kier alpha value is -3.13. The Morgan fingerprint density at radius 3 is 1.27 bits per heavy atom. The van der Waals surface area contributed by atoms with E-state index in [0.717, 1.165) is 33.3 Å². The smallest absolute Gasteiger partial charge is 0.131 e. The van der Waals surface area contributed by atoms with Crippen molar-refractivity contribution in [3.8, 4) is 33.4 Å². The molecule has 0 saturated carbocycles. The van der Waals surface area contributed by atoms with Crippen molar-refractivity contribution in [2.75, 3.05) is 0 Å². The molecule has 0 atom stereocenters. The van der Waals surface area contributed by atoms with Gasteiger partial charge in [0.15, 0.2) is 0 Å². The highest BCUT2D eigenvalue weighted by Gasteiger charge is 2.14. The Kier molecular flexibility index (Phi) is 4.41. The molecule has 0 aliphatic rings. The van der Waals surface area contributed by atoms with E-state index in [1.807, 2.05) is 72.8 Å². The van der Waals surface area contributed by atoms with E-state index in [0.29, 0.717) is 5.56 Å². The number of rotatable bonds is 3. The van der Waals surface area contributed by atoms with Gasteiger partial charge in [-0.25, -0.2) is 4.39 Å². The summed E-state index contributed by atoms with van der Waals surface area (Å²) in [6.07, 6.45) is 0. The summed E-state index contributed by atoms with van der Waals surface area (Å²) in [5, 5.41) is 0. The summed E-state index contributed by atoms with van der Waals surface area (Å²) in [5.41, 5.74) is 6.22. The molecule has 0 nitrogen and oxygen atoms in total. The van der Waals surface area contributed by atoms with Crippen molar-refractivity contribution >= 4 is 13.3 Å². The summed E-state index contributed by atoms with van der Waals surface area (Å²) in [7, 11) is 6.21. The highest BCUT2D eigenvalue weighted by atomic mass is 19.1. The number of hydrogen-bond donors (Lipinski definition) is 0. The maximum atomic E-state index is 14.4. The average Bonchev–Trinajstić information content (AvgIpc) is 2.69. The van der Waals surface area contributed by atoms with Gasteiger partial charge in [0.2, 0.25) is 0 Å². The average molecular weight is 334 g/mol. The first-order valence-electron chi connectivity index (χ1n) is 8.54. The molecule has 0 aromatic heterocycles. The van der Waals surface area contributed by atoms with Crippen LogP contribution >= 0.6 is 0 Å². The minimum Gasteiger partial charge on any atom is -0.206 e. The monoisotopic (exact) mass is 334 g/mol. The maximum Gasteiger partial charge on any atom is 0.131 e. The fraction of sp³-hybridized carbons (Fsp3) is 0. The molecule has 2 heteroatoms. The molecule has 0 fully saturated rings. The van der Waals surface area contributed by atoms with E-state index < -0.39 is 0 Å². The zero-order chi connectivity index (χ0) is 17.9. The molecule has 0 aliphatic carbocycles. The minimum absolute atomic E-state index is 0.225. The van der Waals surface area contributed by atoms with Crippen LogP contribution in [-0.2, 0) is 0 Å². The second-order valence-electron chi connectivity index (χ2n) is 6.16. The van der Waals surface area contributed by atoms with Gasteiger partial charge in [-0.05, 0) is 33.9 Å². The predicted octanol–water partition coefficient (Wildman–Crippen LogP) is 5.62. The highest BCUT2D eigenvalue weighted by Crippen LogP contribution is 2.38. The minimum atomic E-state index is -0.225. The van der Waals surface area contributed by atoms with Gasteiger partial charge in [0.05, 0.1) is 0 Å². The lowest BCUT2D eigenvalue weighted by Gasteiger charge is -2.16. The standard InChI is InChI=1S/C24H16BF/c25-23-15-7-5-13-21(23)19-11-3-1-9-17(19)18-10-2-4-12-20(18)22-14-6-8-16-24(22)26/h1-16H. The molecule has 0 N–H and O–H groups in total. The van der Waals surface area contributed by atoms with Crippen LogP contribution in [0.1, 0.15) is 0 Å². The Labute approximate surface area is 154 Å². The molecule has 2 radical (unpaired) electrons. The lowest BCUT2D eigenvalue weighted by atomic mass is 9.83. The van der Waals surface area contributed by atoms with Crippen molar-refractivity contribution in [2.24, 2.45) is 0 Å². The molecule has 4 rings (SSSR count). The van der Waals surface area contributed by atoms with Gasteiger partial charge in [-0.15, -0.1) is 0 Å². The second kappa shape index (κ2) is 7.01. The van der Waals surface area contributed by atoms with Crippen LogP contribution in [-0.4, -0.2) is 7.85 Å². The van der Waals surface area contributed by atoms with Gasteiger partial charge in [-0.3, -0.25) is 0 Å². The Balaban J connectivity index is 1.97. The van der Waals surface area contributed by atoms with Crippen LogP contribution in [0.5, 0.6) is 0 Å². The molecule has 0 aliphatic heterocycles. The fourth-order valence-corrected chi connectivity index (χ4v) is 3.33. The molecule has 0 unspecified atom stereocenters. The van der Waals surface area contributed by atoms with E-state index in [2.05, 4.69) is 12.1 Å². The third-order valence-electron chi connectivity index (χ3n) is 4.56. The lowest BCUT2D eigenvalue weighted by molar-refractivity contribution is 0.631. The molecule has 0 bridgehead atoms. The second-order valence-corrected chi connectivity index (χ2v) is 6.16. The number of hydrogen-bond acceptors (Lipinski definition) is 0. The van der Waals surface area contributed by atoms with E-state index in [1.165, 1.54) is 6.07 Å².